The van der Waals surface area contributed by atoms with Crippen LogP contribution in [0.2, 0.25) is 0 Å². The number of aromatic nitrogens is 1. The van der Waals surface area contributed by atoms with Crippen molar-refractivity contribution >= 4 is 17.6 Å². The summed E-state index contributed by atoms with van der Waals surface area (Å²) in [5, 5.41) is 8.91. The molecule has 2 N–H and O–H groups in total. The Hall–Kier alpha value is -1.41. The van der Waals surface area contributed by atoms with Crippen LogP contribution in [0.15, 0.2) is 23.2 Å². The summed E-state index contributed by atoms with van der Waals surface area (Å²) < 4.78 is 0. The highest BCUT2D eigenvalue weighted by atomic mass is 32.2. The zero-order chi connectivity index (χ0) is 11.4. The van der Waals surface area contributed by atoms with Crippen molar-refractivity contribution in [3.63, 3.8) is 0 Å². The van der Waals surface area contributed by atoms with Crippen molar-refractivity contribution in [2.75, 3.05) is 18.0 Å². The van der Waals surface area contributed by atoms with Crippen LogP contribution >= 0.6 is 11.8 Å². The molecular weight excluding hydrogens is 220 g/mol. The second-order valence-corrected chi connectivity index (χ2v) is 4.91. The lowest BCUT2D eigenvalue weighted by Gasteiger charge is -2.17. The first-order chi connectivity index (χ1) is 7.79. The number of thioether (sulfide) groups is 1. The van der Waals surface area contributed by atoms with Crippen molar-refractivity contribution in [3.8, 4) is 6.19 Å². The van der Waals surface area contributed by atoms with E-state index in [2.05, 4.69) is 11.2 Å². The van der Waals surface area contributed by atoms with Crippen molar-refractivity contribution in [1.29, 1.82) is 5.26 Å². The number of likely N-dealkylation sites (tertiary alicyclic amines) is 1. The van der Waals surface area contributed by atoms with Gasteiger partial charge in [0.15, 0.2) is 6.19 Å². The Balaban J connectivity index is 1.90. The molecule has 0 saturated carbocycles. The SMILES string of the molecule is N#CN1CCCC1CSc1ccnc(N)c1. The molecule has 16 heavy (non-hydrogen) atoms. The fourth-order valence-corrected chi connectivity index (χ4v) is 2.94. The number of rotatable bonds is 3. The second kappa shape index (κ2) is 5.08. The van der Waals surface area contributed by atoms with Crippen molar-refractivity contribution in [2.45, 2.75) is 23.8 Å². The summed E-state index contributed by atoms with van der Waals surface area (Å²) in [5.74, 6) is 1.49. The van der Waals surface area contributed by atoms with Gasteiger partial charge in [-0.25, -0.2) is 4.98 Å². The fourth-order valence-electron chi connectivity index (χ4n) is 1.85. The topological polar surface area (TPSA) is 65.9 Å². The second-order valence-electron chi connectivity index (χ2n) is 3.82. The third-order valence-corrected chi connectivity index (χ3v) is 3.84. The summed E-state index contributed by atoms with van der Waals surface area (Å²) in [7, 11) is 0. The van der Waals surface area contributed by atoms with Gasteiger partial charge in [0.2, 0.25) is 0 Å². The molecule has 1 fully saturated rings. The molecule has 0 spiro atoms. The number of hydrogen-bond acceptors (Lipinski definition) is 5. The molecule has 0 aliphatic carbocycles. The van der Waals surface area contributed by atoms with Crippen LogP contribution in [0.3, 0.4) is 0 Å². The van der Waals surface area contributed by atoms with Crippen LogP contribution in [-0.4, -0.2) is 28.2 Å². The summed E-state index contributed by atoms with van der Waals surface area (Å²) >= 11 is 1.74. The third-order valence-electron chi connectivity index (χ3n) is 2.70. The molecule has 4 nitrogen and oxygen atoms in total. The maximum absolute atomic E-state index is 8.91. The summed E-state index contributed by atoms with van der Waals surface area (Å²) in [4.78, 5) is 6.95. The van der Waals surface area contributed by atoms with Gasteiger partial charge in [-0.1, -0.05) is 0 Å². The Morgan fingerprint density at radius 1 is 1.69 bits per heavy atom. The highest BCUT2D eigenvalue weighted by Gasteiger charge is 2.23. The van der Waals surface area contributed by atoms with Gasteiger partial charge in [0.25, 0.3) is 0 Å². The van der Waals surface area contributed by atoms with Gasteiger partial charge < -0.3 is 10.6 Å². The first-order valence-electron chi connectivity index (χ1n) is 5.30. The Kier molecular flexibility index (Phi) is 3.52. The van der Waals surface area contributed by atoms with Gasteiger partial charge in [-0.05, 0) is 25.0 Å². The molecule has 84 valence electrons. The minimum atomic E-state index is 0.379. The highest BCUT2D eigenvalue weighted by molar-refractivity contribution is 7.99. The molecule has 0 radical (unpaired) electrons. The Labute approximate surface area is 99.5 Å². The number of anilines is 1. The molecule has 1 aliphatic heterocycles. The van der Waals surface area contributed by atoms with E-state index in [1.54, 1.807) is 18.0 Å². The van der Waals surface area contributed by atoms with E-state index < -0.39 is 0 Å². The smallest absolute Gasteiger partial charge is 0.179 e. The molecular formula is C11H14N4S. The van der Waals surface area contributed by atoms with E-state index in [9.17, 15) is 0 Å². The summed E-state index contributed by atoms with van der Waals surface area (Å²) in [6.07, 6.45) is 6.20. The minimum Gasteiger partial charge on any atom is -0.384 e. The largest absolute Gasteiger partial charge is 0.384 e. The van der Waals surface area contributed by atoms with Gasteiger partial charge in [0.05, 0.1) is 0 Å². The molecule has 1 atom stereocenters. The summed E-state index contributed by atoms with van der Waals surface area (Å²) in [5.41, 5.74) is 5.61. The molecule has 1 saturated heterocycles. The maximum Gasteiger partial charge on any atom is 0.179 e. The van der Waals surface area contributed by atoms with Crippen LogP contribution in [-0.2, 0) is 0 Å². The molecule has 2 heterocycles. The zero-order valence-corrected chi connectivity index (χ0v) is 9.78. The molecule has 1 aromatic rings. The number of nitrogen functional groups attached to an aromatic ring is 1. The lowest BCUT2D eigenvalue weighted by Crippen LogP contribution is -2.26. The Morgan fingerprint density at radius 2 is 2.56 bits per heavy atom. The van der Waals surface area contributed by atoms with Crippen LogP contribution in [0.1, 0.15) is 12.8 Å². The number of nitriles is 1. The quantitative estimate of drug-likeness (QED) is 0.637. The van der Waals surface area contributed by atoms with Crippen molar-refractivity contribution in [1.82, 2.24) is 9.88 Å². The average molecular weight is 234 g/mol. The van der Waals surface area contributed by atoms with Gasteiger partial charge in [0.1, 0.15) is 5.82 Å². The van der Waals surface area contributed by atoms with E-state index in [-0.39, 0.29) is 0 Å². The molecule has 0 aromatic carbocycles. The monoisotopic (exact) mass is 234 g/mol. The van der Waals surface area contributed by atoms with Crippen molar-refractivity contribution < 1.29 is 0 Å². The Bertz CT molecular complexity index is 401. The highest BCUT2D eigenvalue weighted by Crippen LogP contribution is 2.25. The van der Waals surface area contributed by atoms with E-state index in [4.69, 9.17) is 11.0 Å². The molecule has 1 aliphatic rings. The van der Waals surface area contributed by atoms with Crippen LogP contribution in [0, 0.1) is 11.5 Å². The molecule has 1 aromatic heterocycles. The lowest BCUT2D eigenvalue weighted by atomic mass is 10.2. The average Bonchev–Trinajstić information content (AvgIpc) is 2.74. The number of nitrogens with zero attached hydrogens (tertiary/aromatic N) is 3. The van der Waals surface area contributed by atoms with Gasteiger partial charge >= 0.3 is 0 Å². The predicted molar refractivity (Wildman–Crippen MR) is 64.7 cm³/mol. The minimum absolute atomic E-state index is 0.379. The van der Waals surface area contributed by atoms with Gasteiger partial charge in [-0.2, -0.15) is 5.26 Å². The van der Waals surface area contributed by atoms with E-state index in [0.717, 1.165) is 30.0 Å². The van der Waals surface area contributed by atoms with Crippen molar-refractivity contribution in [2.24, 2.45) is 0 Å². The van der Waals surface area contributed by atoms with Crippen molar-refractivity contribution in [3.05, 3.63) is 18.3 Å². The maximum atomic E-state index is 8.91. The first kappa shape index (κ1) is 11.1. The van der Waals surface area contributed by atoms with Crippen LogP contribution in [0.25, 0.3) is 0 Å². The number of pyridine rings is 1. The third kappa shape index (κ3) is 2.58. The van der Waals surface area contributed by atoms with Gasteiger partial charge in [0, 0.05) is 29.4 Å². The standard InChI is InChI=1S/C11H14N4S/c12-8-15-5-1-2-9(15)7-16-10-3-4-14-11(13)6-10/h3-4,6,9H,1-2,5,7H2,(H2,13,14). The molecule has 5 heteroatoms. The van der Waals surface area contributed by atoms with E-state index in [0.29, 0.717) is 11.9 Å². The molecule has 2 rings (SSSR count). The van der Waals surface area contributed by atoms with Gasteiger partial charge in [-0.3, -0.25) is 0 Å². The van der Waals surface area contributed by atoms with Crippen LogP contribution in [0.4, 0.5) is 5.82 Å². The first-order valence-corrected chi connectivity index (χ1v) is 6.29. The van der Waals surface area contributed by atoms with Crippen LogP contribution < -0.4 is 5.73 Å². The predicted octanol–water partition coefficient (Wildman–Crippen LogP) is 1.70. The summed E-state index contributed by atoms with van der Waals surface area (Å²) in [6, 6.07) is 4.20. The summed E-state index contributed by atoms with van der Waals surface area (Å²) in [6.45, 7) is 0.903. The van der Waals surface area contributed by atoms with E-state index in [1.165, 1.54) is 0 Å². The molecule has 0 amide bonds. The zero-order valence-electron chi connectivity index (χ0n) is 8.97. The van der Waals surface area contributed by atoms with Gasteiger partial charge in [-0.15, -0.1) is 11.8 Å². The lowest BCUT2D eigenvalue weighted by molar-refractivity contribution is 0.393. The number of hydrogen-bond donors (Lipinski definition) is 1. The van der Waals surface area contributed by atoms with Crippen LogP contribution in [0.5, 0.6) is 0 Å². The van der Waals surface area contributed by atoms with E-state index >= 15 is 0 Å². The number of nitrogens with two attached hydrogens (primary N) is 1. The fraction of sp³-hybridized carbons (Fsp3) is 0.455. The normalized spacial score (nSPS) is 19.7. The van der Waals surface area contributed by atoms with E-state index in [1.807, 2.05) is 17.0 Å². The molecule has 0 bridgehead atoms. The Morgan fingerprint density at radius 3 is 3.31 bits per heavy atom. The molecule has 1 unspecified atom stereocenters.